The Bertz CT molecular complexity index is 656. The summed E-state index contributed by atoms with van der Waals surface area (Å²) in [7, 11) is 0. The molecule has 1 N–H and O–H groups in total. The first kappa shape index (κ1) is 15.5. The van der Waals surface area contributed by atoms with Gasteiger partial charge in [-0.25, -0.2) is 4.79 Å². The lowest BCUT2D eigenvalue weighted by atomic mass is 10.1. The zero-order chi connectivity index (χ0) is 15.8. The molecule has 0 heterocycles. The Hall–Kier alpha value is -2.89. The predicted octanol–water partition coefficient (Wildman–Crippen LogP) is 4.04. The lowest BCUT2D eigenvalue weighted by Crippen LogP contribution is -2.06. The van der Waals surface area contributed by atoms with E-state index >= 15 is 0 Å². The van der Waals surface area contributed by atoms with Gasteiger partial charge in [-0.3, -0.25) is 4.84 Å². The Labute approximate surface area is 128 Å². The van der Waals surface area contributed by atoms with Crippen LogP contribution in [-0.4, -0.2) is 11.3 Å². The van der Waals surface area contributed by atoms with Crippen LogP contribution < -0.4 is 4.74 Å². The predicted molar refractivity (Wildman–Crippen MR) is 79.6 cm³/mol. The van der Waals surface area contributed by atoms with Crippen molar-refractivity contribution in [2.45, 2.75) is 19.9 Å². The molecule has 0 aliphatic heterocycles. The van der Waals surface area contributed by atoms with Gasteiger partial charge in [-0.05, 0) is 24.1 Å². The normalized spacial score (nSPS) is 10.6. The topological polar surface area (TPSA) is 80.5 Å². The number of ether oxygens (including phenoxy) is 1. The van der Waals surface area contributed by atoms with Crippen LogP contribution in [0.2, 0.25) is 0 Å². The molecule has 2 rings (SSSR count). The third-order valence-electron chi connectivity index (χ3n) is 2.94. The van der Waals surface area contributed by atoms with Crippen LogP contribution in [-0.2, 0) is 17.8 Å². The van der Waals surface area contributed by atoms with E-state index in [2.05, 4.69) is 15.2 Å². The van der Waals surface area contributed by atoms with Crippen molar-refractivity contribution in [2.75, 3.05) is 0 Å². The molecule has 2 aromatic rings. The number of hydrogen-bond donors (Lipinski definition) is 1. The number of rotatable bonds is 5. The van der Waals surface area contributed by atoms with Gasteiger partial charge in [0.15, 0.2) is 0 Å². The molecule has 0 saturated carbocycles. The molecular formula is C16H16N2O4. The molecule has 0 unspecified atom stereocenters. The lowest BCUT2D eigenvalue weighted by Gasteiger charge is -2.05. The molecule has 0 saturated heterocycles. The van der Waals surface area contributed by atoms with E-state index < -0.39 is 6.16 Å². The maximum absolute atomic E-state index is 11.3. The van der Waals surface area contributed by atoms with Gasteiger partial charge in [-0.15, -0.1) is 5.11 Å². The highest BCUT2D eigenvalue weighted by molar-refractivity contribution is 5.63. The standard InChI is InChI=1S/C16H16N2O4/c1-2-12-7-6-8-13(15(12)19)11-17-18-22-16(20)21-14-9-4-3-5-10-14/h3-10,19H,2,11H2,1H3. The average Bonchev–Trinajstić information content (AvgIpc) is 2.54. The van der Waals surface area contributed by atoms with E-state index in [1.165, 1.54) is 0 Å². The fourth-order valence-corrected chi connectivity index (χ4v) is 1.83. The molecule has 0 aliphatic rings. The van der Waals surface area contributed by atoms with Crippen LogP contribution in [0, 0.1) is 0 Å². The number of carbonyl (C=O) groups is 1. The number of aromatic hydroxyl groups is 1. The number of phenolic OH excluding ortho intramolecular Hbond substituents is 1. The van der Waals surface area contributed by atoms with Gasteiger partial charge in [-0.1, -0.05) is 43.3 Å². The Morgan fingerprint density at radius 1 is 1.09 bits per heavy atom. The second-order valence-electron chi connectivity index (χ2n) is 4.42. The van der Waals surface area contributed by atoms with E-state index in [0.717, 1.165) is 12.0 Å². The summed E-state index contributed by atoms with van der Waals surface area (Å²) in [6.07, 6.45) is -0.252. The largest absolute Gasteiger partial charge is 0.542 e. The van der Waals surface area contributed by atoms with Gasteiger partial charge in [0.2, 0.25) is 0 Å². The fourth-order valence-electron chi connectivity index (χ4n) is 1.83. The van der Waals surface area contributed by atoms with Gasteiger partial charge < -0.3 is 9.84 Å². The molecule has 2 aromatic carbocycles. The minimum atomic E-state index is -0.971. The van der Waals surface area contributed by atoms with Crippen molar-refractivity contribution in [3.63, 3.8) is 0 Å². The lowest BCUT2D eigenvalue weighted by molar-refractivity contribution is 0.0932. The molecule has 0 aromatic heterocycles. The maximum Gasteiger partial charge on any atom is 0.542 e. The van der Waals surface area contributed by atoms with Crippen LogP contribution in [0.15, 0.2) is 58.9 Å². The molecule has 0 spiro atoms. The van der Waals surface area contributed by atoms with Gasteiger partial charge in [0, 0.05) is 10.8 Å². The third-order valence-corrected chi connectivity index (χ3v) is 2.94. The Morgan fingerprint density at radius 3 is 2.55 bits per heavy atom. The summed E-state index contributed by atoms with van der Waals surface area (Å²) in [5.74, 6) is 0.548. The van der Waals surface area contributed by atoms with Crippen LogP contribution in [0.5, 0.6) is 11.5 Å². The van der Waals surface area contributed by atoms with Crippen molar-refractivity contribution in [3.05, 3.63) is 59.7 Å². The molecule has 6 nitrogen and oxygen atoms in total. The highest BCUT2D eigenvalue weighted by Gasteiger charge is 2.06. The van der Waals surface area contributed by atoms with E-state index in [9.17, 15) is 9.90 Å². The molecule has 0 atom stereocenters. The summed E-state index contributed by atoms with van der Waals surface area (Å²) in [5, 5.41) is 17.0. The minimum Gasteiger partial charge on any atom is -0.507 e. The van der Waals surface area contributed by atoms with Crippen molar-refractivity contribution in [3.8, 4) is 11.5 Å². The van der Waals surface area contributed by atoms with Gasteiger partial charge in [0.05, 0.1) is 6.54 Å². The summed E-state index contributed by atoms with van der Waals surface area (Å²) in [6.45, 7) is 2.06. The molecule has 22 heavy (non-hydrogen) atoms. The van der Waals surface area contributed by atoms with E-state index in [-0.39, 0.29) is 12.3 Å². The van der Waals surface area contributed by atoms with E-state index in [4.69, 9.17) is 4.74 Å². The molecular weight excluding hydrogens is 284 g/mol. The van der Waals surface area contributed by atoms with Crippen LogP contribution in [0.25, 0.3) is 0 Å². The van der Waals surface area contributed by atoms with Gasteiger partial charge in [0.1, 0.15) is 11.5 Å². The third kappa shape index (κ3) is 4.31. The number of phenols is 1. The summed E-state index contributed by atoms with van der Waals surface area (Å²) in [6, 6.07) is 13.9. The van der Waals surface area contributed by atoms with Gasteiger partial charge in [0.25, 0.3) is 0 Å². The Morgan fingerprint density at radius 2 is 1.82 bits per heavy atom. The van der Waals surface area contributed by atoms with Crippen LogP contribution in [0.3, 0.4) is 0 Å². The summed E-state index contributed by atoms with van der Waals surface area (Å²) in [5.41, 5.74) is 1.44. The number of nitrogens with zero attached hydrogens (tertiary/aromatic N) is 2. The zero-order valence-electron chi connectivity index (χ0n) is 12.1. The Balaban J connectivity index is 1.84. The van der Waals surface area contributed by atoms with Crippen molar-refractivity contribution < 1.29 is 19.5 Å². The maximum atomic E-state index is 11.3. The first-order chi connectivity index (χ1) is 10.7. The Kier molecular flexibility index (Phi) is 5.48. The van der Waals surface area contributed by atoms with Gasteiger partial charge >= 0.3 is 6.16 Å². The van der Waals surface area contributed by atoms with Crippen LogP contribution >= 0.6 is 0 Å². The minimum absolute atomic E-state index is 0.109. The van der Waals surface area contributed by atoms with Crippen molar-refractivity contribution >= 4 is 6.16 Å². The van der Waals surface area contributed by atoms with Crippen molar-refractivity contribution in [1.29, 1.82) is 0 Å². The molecule has 0 amide bonds. The quantitative estimate of drug-likeness (QED) is 0.391. The summed E-state index contributed by atoms with van der Waals surface area (Å²) >= 11 is 0. The summed E-state index contributed by atoms with van der Waals surface area (Å²) in [4.78, 5) is 15.8. The fraction of sp³-hybridized carbons (Fsp3) is 0.188. The second kappa shape index (κ2) is 7.78. The molecule has 0 aliphatic carbocycles. The first-order valence-corrected chi connectivity index (χ1v) is 6.81. The molecule has 0 radical (unpaired) electrons. The first-order valence-electron chi connectivity index (χ1n) is 6.81. The highest BCUT2D eigenvalue weighted by Crippen LogP contribution is 2.23. The van der Waals surface area contributed by atoms with Crippen molar-refractivity contribution in [2.24, 2.45) is 10.4 Å². The molecule has 6 heteroatoms. The van der Waals surface area contributed by atoms with E-state index in [1.807, 2.05) is 19.1 Å². The number of para-hydroxylation sites is 2. The smallest absolute Gasteiger partial charge is 0.507 e. The number of hydrogen-bond acceptors (Lipinski definition) is 6. The number of aryl methyl sites for hydroxylation is 1. The molecule has 0 fully saturated rings. The molecule has 0 bridgehead atoms. The SMILES string of the molecule is CCc1cccc(CN=NOC(=O)Oc2ccccc2)c1O. The summed E-state index contributed by atoms with van der Waals surface area (Å²) < 4.78 is 4.86. The van der Waals surface area contributed by atoms with E-state index in [1.54, 1.807) is 36.4 Å². The monoisotopic (exact) mass is 300 g/mol. The zero-order valence-corrected chi connectivity index (χ0v) is 12.1. The second-order valence-corrected chi connectivity index (χ2v) is 4.42. The number of benzene rings is 2. The van der Waals surface area contributed by atoms with Gasteiger partial charge in [-0.2, -0.15) is 0 Å². The van der Waals surface area contributed by atoms with Crippen LogP contribution in [0.4, 0.5) is 4.79 Å². The highest BCUT2D eigenvalue weighted by atomic mass is 16.8. The average molecular weight is 300 g/mol. The number of carbonyl (C=O) groups excluding carboxylic acids is 1. The van der Waals surface area contributed by atoms with E-state index in [0.29, 0.717) is 11.3 Å². The molecule has 114 valence electrons. The van der Waals surface area contributed by atoms with Crippen molar-refractivity contribution in [1.82, 2.24) is 0 Å². The van der Waals surface area contributed by atoms with Crippen LogP contribution in [0.1, 0.15) is 18.1 Å².